The summed E-state index contributed by atoms with van der Waals surface area (Å²) >= 11 is 0. The van der Waals surface area contributed by atoms with E-state index in [0.717, 1.165) is 11.0 Å². The van der Waals surface area contributed by atoms with Crippen molar-refractivity contribution in [1.29, 1.82) is 0 Å². The molecule has 68 valence electrons. The Morgan fingerprint density at radius 2 is 2.29 bits per heavy atom. The largest absolute Gasteiger partial charge is 0.329 e. The summed E-state index contributed by atoms with van der Waals surface area (Å²) in [4.78, 5) is 7.75. The molecule has 14 heavy (non-hydrogen) atoms. The maximum Gasteiger partial charge on any atom is 0.189 e. The molecule has 0 aliphatic heterocycles. The first-order chi connectivity index (χ1) is 6.88. The zero-order chi connectivity index (χ0) is 9.54. The molecule has 0 atom stereocenters. The average Bonchev–Trinajstić information content (AvgIpc) is 2.98. The summed E-state index contributed by atoms with van der Waals surface area (Å²) in [5.41, 5.74) is 2.78. The molecular weight excluding hydrogens is 174 g/mol. The second-order valence-corrected chi connectivity index (χ2v) is 3.67. The second kappa shape index (κ2) is 2.58. The molecule has 3 rings (SSSR count). The molecule has 0 radical (unpaired) electrons. The van der Waals surface area contributed by atoms with Gasteiger partial charge in [-0.25, -0.2) is 9.83 Å². The van der Waals surface area contributed by atoms with Crippen LogP contribution in [-0.2, 0) is 0 Å². The van der Waals surface area contributed by atoms with Crippen LogP contribution in [0.15, 0.2) is 24.5 Å². The molecule has 0 unspecified atom stereocenters. The van der Waals surface area contributed by atoms with Gasteiger partial charge in [-0.2, -0.15) is 0 Å². The van der Waals surface area contributed by atoms with Crippen LogP contribution in [0.1, 0.15) is 18.9 Å². The molecule has 1 fully saturated rings. The van der Waals surface area contributed by atoms with Gasteiger partial charge in [-0.1, -0.05) is 6.07 Å². The fourth-order valence-electron chi connectivity index (χ4n) is 1.73. The molecular formula is C11H9N3. The van der Waals surface area contributed by atoms with Crippen LogP contribution >= 0.6 is 0 Å². The molecule has 1 saturated carbocycles. The molecule has 3 heteroatoms. The summed E-state index contributed by atoms with van der Waals surface area (Å²) < 4.78 is 2.18. The van der Waals surface area contributed by atoms with Crippen molar-refractivity contribution in [2.75, 3.05) is 0 Å². The van der Waals surface area contributed by atoms with Crippen LogP contribution in [0.25, 0.3) is 15.9 Å². The number of aromatic nitrogens is 2. The molecule has 1 aliphatic rings. The lowest BCUT2D eigenvalue weighted by Gasteiger charge is -2.00. The molecule has 0 bridgehead atoms. The summed E-state index contributed by atoms with van der Waals surface area (Å²) in [6.45, 7) is 6.96. The third-order valence-electron chi connectivity index (χ3n) is 2.63. The van der Waals surface area contributed by atoms with Crippen molar-refractivity contribution in [2.24, 2.45) is 0 Å². The van der Waals surface area contributed by atoms with Crippen LogP contribution in [0.3, 0.4) is 0 Å². The topological polar surface area (TPSA) is 22.2 Å². The van der Waals surface area contributed by atoms with Crippen molar-refractivity contribution in [3.05, 3.63) is 35.9 Å². The Morgan fingerprint density at radius 1 is 1.43 bits per heavy atom. The normalized spacial score (nSPS) is 15.6. The fourth-order valence-corrected chi connectivity index (χ4v) is 1.73. The van der Waals surface area contributed by atoms with E-state index < -0.39 is 0 Å². The fraction of sp³-hybridized carbons (Fsp3) is 0.273. The van der Waals surface area contributed by atoms with Crippen molar-refractivity contribution in [1.82, 2.24) is 9.55 Å². The lowest BCUT2D eigenvalue weighted by Crippen LogP contribution is -1.89. The molecule has 0 saturated heterocycles. The number of hydrogen-bond acceptors (Lipinski definition) is 1. The zero-order valence-electron chi connectivity index (χ0n) is 7.64. The lowest BCUT2D eigenvalue weighted by atomic mass is 10.3. The molecule has 0 spiro atoms. The number of benzene rings is 1. The molecule has 1 aromatic heterocycles. The Kier molecular flexibility index (Phi) is 1.40. The van der Waals surface area contributed by atoms with Gasteiger partial charge in [0.2, 0.25) is 0 Å². The summed E-state index contributed by atoms with van der Waals surface area (Å²) in [5, 5.41) is 0. The lowest BCUT2D eigenvalue weighted by molar-refractivity contribution is 0.766. The number of fused-ring (bicyclic) bond motifs is 1. The second-order valence-electron chi connectivity index (χ2n) is 3.67. The standard InChI is InChI=1S/C11H9N3/c1-12-8-2-5-10-11(6-8)14(7-13-10)9-3-4-9/h2,5-7,9H,3-4H2. The quantitative estimate of drug-likeness (QED) is 0.623. The molecule has 1 aromatic carbocycles. The van der Waals surface area contributed by atoms with Gasteiger partial charge in [0.05, 0.1) is 23.9 Å². The van der Waals surface area contributed by atoms with Crippen LogP contribution in [0, 0.1) is 6.57 Å². The SMILES string of the molecule is [C-]#[N+]c1ccc2ncn(C3CC3)c2c1. The molecule has 1 aliphatic carbocycles. The predicted octanol–water partition coefficient (Wildman–Crippen LogP) is 2.92. The highest BCUT2D eigenvalue weighted by Crippen LogP contribution is 2.37. The average molecular weight is 183 g/mol. The monoisotopic (exact) mass is 183 g/mol. The molecule has 0 N–H and O–H groups in total. The highest BCUT2D eigenvalue weighted by molar-refractivity contribution is 5.80. The Hall–Kier alpha value is -1.82. The van der Waals surface area contributed by atoms with E-state index in [2.05, 4.69) is 14.4 Å². The van der Waals surface area contributed by atoms with Crippen molar-refractivity contribution < 1.29 is 0 Å². The number of nitrogens with zero attached hydrogens (tertiary/aromatic N) is 3. The first kappa shape index (κ1) is 7.57. The minimum Gasteiger partial charge on any atom is -0.329 e. The van der Waals surface area contributed by atoms with Gasteiger partial charge in [-0.15, -0.1) is 0 Å². The van der Waals surface area contributed by atoms with Gasteiger partial charge in [-0.05, 0) is 25.0 Å². The summed E-state index contributed by atoms with van der Waals surface area (Å²) in [5.74, 6) is 0. The molecule has 3 nitrogen and oxygen atoms in total. The number of rotatable bonds is 1. The van der Waals surface area contributed by atoms with E-state index in [-0.39, 0.29) is 0 Å². The van der Waals surface area contributed by atoms with Gasteiger partial charge in [0.1, 0.15) is 0 Å². The van der Waals surface area contributed by atoms with Gasteiger partial charge in [0.25, 0.3) is 0 Å². The number of hydrogen-bond donors (Lipinski definition) is 0. The van der Waals surface area contributed by atoms with Gasteiger partial charge in [-0.3, -0.25) is 0 Å². The maximum atomic E-state index is 6.96. The van der Waals surface area contributed by atoms with E-state index in [1.54, 1.807) is 0 Å². The van der Waals surface area contributed by atoms with Crippen molar-refractivity contribution in [3.8, 4) is 0 Å². The van der Waals surface area contributed by atoms with Crippen LogP contribution in [0.2, 0.25) is 0 Å². The predicted molar refractivity (Wildman–Crippen MR) is 54.3 cm³/mol. The van der Waals surface area contributed by atoms with Gasteiger partial charge in [0.15, 0.2) is 5.69 Å². The van der Waals surface area contributed by atoms with Crippen molar-refractivity contribution >= 4 is 16.7 Å². The van der Waals surface area contributed by atoms with E-state index in [9.17, 15) is 0 Å². The Bertz CT molecular complexity index is 529. The minimum absolute atomic E-state index is 0.626. The third-order valence-corrected chi connectivity index (χ3v) is 2.63. The van der Waals surface area contributed by atoms with Gasteiger partial charge < -0.3 is 4.57 Å². The number of imidazole rings is 1. The molecule has 2 aromatic rings. The van der Waals surface area contributed by atoms with Crippen LogP contribution < -0.4 is 0 Å². The molecule has 0 amide bonds. The summed E-state index contributed by atoms with van der Waals surface area (Å²) in [6, 6.07) is 6.29. The van der Waals surface area contributed by atoms with E-state index in [4.69, 9.17) is 6.57 Å². The van der Waals surface area contributed by atoms with E-state index in [0.29, 0.717) is 11.7 Å². The van der Waals surface area contributed by atoms with E-state index >= 15 is 0 Å². The maximum absolute atomic E-state index is 6.96. The van der Waals surface area contributed by atoms with Crippen LogP contribution in [0.5, 0.6) is 0 Å². The van der Waals surface area contributed by atoms with Crippen LogP contribution in [0.4, 0.5) is 5.69 Å². The Morgan fingerprint density at radius 3 is 3.00 bits per heavy atom. The zero-order valence-corrected chi connectivity index (χ0v) is 7.64. The Labute approximate surface area is 81.8 Å². The van der Waals surface area contributed by atoms with E-state index in [1.807, 2.05) is 24.5 Å². The summed E-state index contributed by atoms with van der Waals surface area (Å²) in [6.07, 6.45) is 4.37. The van der Waals surface area contributed by atoms with Gasteiger partial charge in [0, 0.05) is 6.04 Å². The van der Waals surface area contributed by atoms with Crippen molar-refractivity contribution in [3.63, 3.8) is 0 Å². The minimum atomic E-state index is 0.626. The molecule has 1 heterocycles. The first-order valence-corrected chi connectivity index (χ1v) is 4.72. The van der Waals surface area contributed by atoms with Gasteiger partial charge >= 0.3 is 0 Å². The summed E-state index contributed by atoms with van der Waals surface area (Å²) in [7, 11) is 0. The third kappa shape index (κ3) is 1.01. The van der Waals surface area contributed by atoms with E-state index in [1.165, 1.54) is 12.8 Å². The van der Waals surface area contributed by atoms with Crippen molar-refractivity contribution in [2.45, 2.75) is 18.9 Å². The smallest absolute Gasteiger partial charge is 0.189 e. The van der Waals surface area contributed by atoms with Crippen LogP contribution in [-0.4, -0.2) is 9.55 Å². The first-order valence-electron chi connectivity index (χ1n) is 4.72. The highest BCUT2D eigenvalue weighted by Gasteiger charge is 2.24. The Balaban J connectivity index is 2.27. The highest BCUT2D eigenvalue weighted by atomic mass is 15.1.